The van der Waals surface area contributed by atoms with Gasteiger partial charge in [-0.25, -0.2) is 0 Å². The highest BCUT2D eigenvalue weighted by atomic mass is 14.9. The zero-order valence-electron chi connectivity index (χ0n) is 10.6. The molecular formula is C13H29N. The number of nitrogens with one attached hydrogen (secondary N) is 1. The van der Waals surface area contributed by atoms with Gasteiger partial charge in [0, 0.05) is 12.1 Å². The molecule has 2 atom stereocenters. The smallest absolute Gasteiger partial charge is 0.00412 e. The zero-order valence-corrected chi connectivity index (χ0v) is 10.6. The van der Waals surface area contributed by atoms with Gasteiger partial charge in [-0.15, -0.1) is 0 Å². The van der Waals surface area contributed by atoms with Gasteiger partial charge in [0.2, 0.25) is 0 Å². The lowest BCUT2D eigenvalue weighted by atomic mass is 10.1. The minimum absolute atomic E-state index is 0.701. The summed E-state index contributed by atoms with van der Waals surface area (Å²) in [5.74, 6) is 0. The molecule has 0 fully saturated rings. The van der Waals surface area contributed by atoms with E-state index in [1.54, 1.807) is 0 Å². The molecule has 0 amide bonds. The van der Waals surface area contributed by atoms with E-state index in [4.69, 9.17) is 0 Å². The Bertz CT molecular complexity index is 112. The van der Waals surface area contributed by atoms with Crippen LogP contribution in [0.3, 0.4) is 0 Å². The van der Waals surface area contributed by atoms with Crippen molar-refractivity contribution in [2.45, 2.75) is 84.7 Å². The van der Waals surface area contributed by atoms with Crippen LogP contribution in [0.15, 0.2) is 0 Å². The van der Waals surface area contributed by atoms with Crippen molar-refractivity contribution >= 4 is 0 Å². The Kier molecular flexibility index (Phi) is 9.49. The Morgan fingerprint density at radius 3 is 1.79 bits per heavy atom. The molecule has 0 aliphatic carbocycles. The molecule has 0 aliphatic heterocycles. The molecule has 0 saturated heterocycles. The van der Waals surface area contributed by atoms with Crippen LogP contribution in [-0.4, -0.2) is 12.1 Å². The summed E-state index contributed by atoms with van der Waals surface area (Å²) in [6, 6.07) is 1.40. The standard InChI is InChI=1S/C13H29N/c1-5-7-9-11-13(4)14-12(3)10-8-6-2/h12-14H,5-11H2,1-4H3. The monoisotopic (exact) mass is 199 g/mol. The van der Waals surface area contributed by atoms with Crippen LogP contribution in [0.1, 0.15) is 72.6 Å². The molecule has 0 radical (unpaired) electrons. The maximum Gasteiger partial charge on any atom is 0.00412 e. The molecule has 0 aromatic rings. The van der Waals surface area contributed by atoms with Crippen LogP contribution in [0.5, 0.6) is 0 Å². The average Bonchev–Trinajstić information content (AvgIpc) is 2.15. The maximum absolute atomic E-state index is 3.67. The van der Waals surface area contributed by atoms with E-state index in [1.165, 1.54) is 44.9 Å². The number of unbranched alkanes of at least 4 members (excludes halogenated alkanes) is 3. The maximum atomic E-state index is 3.67. The number of hydrogen-bond acceptors (Lipinski definition) is 1. The van der Waals surface area contributed by atoms with Crippen molar-refractivity contribution in [3.8, 4) is 0 Å². The van der Waals surface area contributed by atoms with Crippen LogP contribution in [0.2, 0.25) is 0 Å². The van der Waals surface area contributed by atoms with E-state index in [0.717, 1.165) is 0 Å². The van der Waals surface area contributed by atoms with Gasteiger partial charge in [-0.2, -0.15) is 0 Å². The number of hydrogen-bond donors (Lipinski definition) is 1. The van der Waals surface area contributed by atoms with Gasteiger partial charge in [-0.3, -0.25) is 0 Å². The van der Waals surface area contributed by atoms with E-state index in [2.05, 4.69) is 33.0 Å². The molecule has 14 heavy (non-hydrogen) atoms. The highest BCUT2D eigenvalue weighted by Crippen LogP contribution is 2.06. The summed E-state index contributed by atoms with van der Waals surface area (Å²) < 4.78 is 0. The third kappa shape index (κ3) is 8.55. The quantitative estimate of drug-likeness (QED) is 0.551. The molecule has 1 N–H and O–H groups in total. The van der Waals surface area contributed by atoms with E-state index in [9.17, 15) is 0 Å². The first-order chi connectivity index (χ1) is 6.70. The first-order valence-corrected chi connectivity index (χ1v) is 6.46. The van der Waals surface area contributed by atoms with Crippen LogP contribution < -0.4 is 5.32 Å². The molecule has 0 aliphatic rings. The Morgan fingerprint density at radius 1 is 0.786 bits per heavy atom. The molecule has 0 heterocycles. The van der Waals surface area contributed by atoms with Gasteiger partial charge in [0.25, 0.3) is 0 Å². The summed E-state index contributed by atoms with van der Waals surface area (Å²) in [6.07, 6.45) is 9.43. The minimum Gasteiger partial charge on any atom is -0.312 e. The van der Waals surface area contributed by atoms with Crippen LogP contribution in [-0.2, 0) is 0 Å². The predicted octanol–water partition coefficient (Wildman–Crippen LogP) is 4.12. The molecule has 1 heteroatoms. The Morgan fingerprint density at radius 2 is 1.29 bits per heavy atom. The van der Waals surface area contributed by atoms with Crippen molar-refractivity contribution in [2.24, 2.45) is 0 Å². The van der Waals surface area contributed by atoms with Gasteiger partial charge in [-0.05, 0) is 26.7 Å². The van der Waals surface area contributed by atoms with E-state index < -0.39 is 0 Å². The molecule has 1 nitrogen and oxygen atoms in total. The van der Waals surface area contributed by atoms with E-state index in [1.807, 2.05) is 0 Å². The van der Waals surface area contributed by atoms with E-state index in [0.29, 0.717) is 12.1 Å². The normalized spacial score (nSPS) is 15.4. The SMILES string of the molecule is CCCCCC(C)NC(C)CCCC. The van der Waals surface area contributed by atoms with Gasteiger partial charge in [-0.1, -0.05) is 46.0 Å². The van der Waals surface area contributed by atoms with Crippen LogP contribution in [0.4, 0.5) is 0 Å². The Hall–Kier alpha value is -0.0400. The predicted molar refractivity (Wildman–Crippen MR) is 65.7 cm³/mol. The highest BCUT2D eigenvalue weighted by Gasteiger charge is 2.05. The third-order valence-electron chi connectivity index (χ3n) is 2.80. The number of rotatable bonds is 9. The molecule has 0 aromatic carbocycles. The second-order valence-electron chi connectivity index (χ2n) is 4.61. The first-order valence-electron chi connectivity index (χ1n) is 6.46. The third-order valence-corrected chi connectivity index (χ3v) is 2.80. The fourth-order valence-corrected chi connectivity index (χ4v) is 1.86. The molecule has 0 spiro atoms. The van der Waals surface area contributed by atoms with Crippen molar-refractivity contribution in [3.05, 3.63) is 0 Å². The lowest BCUT2D eigenvalue weighted by Crippen LogP contribution is -2.34. The molecule has 86 valence electrons. The Labute approximate surface area is 90.7 Å². The highest BCUT2D eigenvalue weighted by molar-refractivity contribution is 4.67. The second-order valence-corrected chi connectivity index (χ2v) is 4.61. The van der Waals surface area contributed by atoms with Crippen molar-refractivity contribution < 1.29 is 0 Å². The van der Waals surface area contributed by atoms with E-state index >= 15 is 0 Å². The van der Waals surface area contributed by atoms with Crippen molar-refractivity contribution in [1.82, 2.24) is 5.32 Å². The van der Waals surface area contributed by atoms with Gasteiger partial charge in [0.1, 0.15) is 0 Å². The Balaban J connectivity index is 3.35. The van der Waals surface area contributed by atoms with Crippen LogP contribution in [0, 0.1) is 0 Å². The summed E-state index contributed by atoms with van der Waals surface area (Å²) in [5, 5.41) is 3.67. The molecular weight excluding hydrogens is 170 g/mol. The zero-order chi connectivity index (χ0) is 10.8. The van der Waals surface area contributed by atoms with Crippen molar-refractivity contribution in [2.75, 3.05) is 0 Å². The molecule has 0 aromatic heterocycles. The molecule has 0 saturated carbocycles. The summed E-state index contributed by atoms with van der Waals surface area (Å²) in [7, 11) is 0. The molecule has 0 rings (SSSR count). The summed E-state index contributed by atoms with van der Waals surface area (Å²) in [6.45, 7) is 9.16. The van der Waals surface area contributed by atoms with Gasteiger partial charge in [0.15, 0.2) is 0 Å². The second kappa shape index (κ2) is 9.51. The van der Waals surface area contributed by atoms with E-state index in [-0.39, 0.29) is 0 Å². The van der Waals surface area contributed by atoms with Gasteiger partial charge >= 0.3 is 0 Å². The summed E-state index contributed by atoms with van der Waals surface area (Å²) >= 11 is 0. The minimum atomic E-state index is 0.701. The molecule has 0 bridgehead atoms. The fraction of sp³-hybridized carbons (Fsp3) is 1.00. The molecule has 2 unspecified atom stereocenters. The average molecular weight is 199 g/mol. The lowest BCUT2D eigenvalue weighted by Gasteiger charge is -2.19. The summed E-state index contributed by atoms with van der Waals surface area (Å²) in [4.78, 5) is 0. The summed E-state index contributed by atoms with van der Waals surface area (Å²) in [5.41, 5.74) is 0. The lowest BCUT2D eigenvalue weighted by molar-refractivity contribution is 0.409. The van der Waals surface area contributed by atoms with Gasteiger partial charge < -0.3 is 5.32 Å². The topological polar surface area (TPSA) is 12.0 Å². The first kappa shape index (κ1) is 14.0. The fourth-order valence-electron chi connectivity index (χ4n) is 1.86. The van der Waals surface area contributed by atoms with Crippen LogP contribution in [0.25, 0.3) is 0 Å². The van der Waals surface area contributed by atoms with Crippen molar-refractivity contribution in [3.63, 3.8) is 0 Å². The van der Waals surface area contributed by atoms with Gasteiger partial charge in [0.05, 0.1) is 0 Å². The van der Waals surface area contributed by atoms with Crippen LogP contribution >= 0.6 is 0 Å². The largest absolute Gasteiger partial charge is 0.312 e. The van der Waals surface area contributed by atoms with Crippen molar-refractivity contribution in [1.29, 1.82) is 0 Å².